The second-order valence-electron chi connectivity index (χ2n) is 7.12. The molecule has 0 aliphatic heterocycles. The molecule has 9 heteroatoms. The fourth-order valence-electron chi connectivity index (χ4n) is 3.26. The molecule has 0 spiro atoms. The molecule has 0 aliphatic rings. The predicted octanol–water partition coefficient (Wildman–Crippen LogP) is 4.57. The highest BCUT2D eigenvalue weighted by Gasteiger charge is 2.15. The molecule has 0 bridgehead atoms. The third-order valence-electron chi connectivity index (χ3n) is 4.93. The maximum atomic E-state index is 12.8. The second-order valence-corrected chi connectivity index (χ2v) is 7.55. The summed E-state index contributed by atoms with van der Waals surface area (Å²) in [5, 5.41) is 20.3. The van der Waals surface area contributed by atoms with Gasteiger partial charge in [0.1, 0.15) is 11.4 Å². The summed E-state index contributed by atoms with van der Waals surface area (Å²) in [5.41, 5.74) is 2.98. The first kappa shape index (κ1) is 22.0. The fraction of sp³-hybridized carbons (Fsp3) is 0.0833. The lowest BCUT2D eigenvalue weighted by molar-refractivity contribution is 0.411. The normalized spacial score (nSPS) is 11.6. The zero-order valence-electron chi connectivity index (χ0n) is 18.0. The maximum Gasteiger partial charge on any atom is 0.209 e. The van der Waals surface area contributed by atoms with Crippen LogP contribution in [0.5, 0.6) is 5.75 Å². The summed E-state index contributed by atoms with van der Waals surface area (Å²) in [6, 6.07) is 15.9. The molecule has 0 amide bonds. The lowest BCUT2D eigenvalue weighted by Crippen LogP contribution is -2.19. The van der Waals surface area contributed by atoms with Gasteiger partial charge in [0.25, 0.3) is 0 Å². The summed E-state index contributed by atoms with van der Waals surface area (Å²) in [6.45, 7) is 1.73. The number of rotatable bonds is 7. The molecule has 166 valence electrons. The number of nitrogens with one attached hydrogen (secondary N) is 2. The van der Waals surface area contributed by atoms with Gasteiger partial charge in [-0.1, -0.05) is 17.7 Å². The third kappa shape index (κ3) is 4.70. The molecule has 0 saturated heterocycles. The van der Waals surface area contributed by atoms with Crippen molar-refractivity contribution in [3.05, 3.63) is 99.7 Å². The van der Waals surface area contributed by atoms with Gasteiger partial charge in [-0.15, -0.1) is 0 Å². The van der Waals surface area contributed by atoms with Crippen LogP contribution in [-0.4, -0.2) is 32.9 Å². The summed E-state index contributed by atoms with van der Waals surface area (Å²) in [7, 11) is 1.57. The lowest BCUT2D eigenvalue weighted by atomic mass is 10.1. The second kappa shape index (κ2) is 9.54. The van der Waals surface area contributed by atoms with Gasteiger partial charge in [0.05, 0.1) is 18.5 Å². The van der Waals surface area contributed by atoms with Crippen molar-refractivity contribution in [1.82, 2.24) is 19.6 Å². The van der Waals surface area contributed by atoms with E-state index in [0.29, 0.717) is 33.4 Å². The molecule has 4 rings (SSSR count). The van der Waals surface area contributed by atoms with Crippen molar-refractivity contribution in [3.8, 4) is 17.1 Å². The van der Waals surface area contributed by atoms with Crippen molar-refractivity contribution >= 4 is 29.2 Å². The Labute approximate surface area is 195 Å². The molecular formula is C24H21ClN6O2. The Morgan fingerprint density at radius 3 is 2.67 bits per heavy atom. The van der Waals surface area contributed by atoms with E-state index in [0.717, 1.165) is 5.69 Å². The Bertz CT molecular complexity index is 1390. The number of ether oxygens (including phenoxy) is 1. The zero-order valence-corrected chi connectivity index (χ0v) is 18.7. The number of methoxy groups -OCH3 is 1. The van der Waals surface area contributed by atoms with Gasteiger partial charge in [-0.2, -0.15) is 10.2 Å². The molecule has 0 unspecified atom stereocenters. The van der Waals surface area contributed by atoms with Gasteiger partial charge >= 0.3 is 0 Å². The van der Waals surface area contributed by atoms with Crippen molar-refractivity contribution < 1.29 is 4.74 Å². The first-order valence-electron chi connectivity index (χ1n) is 10.0. The van der Waals surface area contributed by atoms with Gasteiger partial charge in [0.15, 0.2) is 5.69 Å². The molecule has 2 heterocycles. The van der Waals surface area contributed by atoms with Gasteiger partial charge in [-0.3, -0.25) is 4.79 Å². The van der Waals surface area contributed by atoms with Crippen LogP contribution in [0.15, 0.2) is 83.6 Å². The van der Waals surface area contributed by atoms with Gasteiger partial charge in [0, 0.05) is 47.6 Å². The van der Waals surface area contributed by atoms with E-state index in [-0.39, 0.29) is 11.1 Å². The number of halogens is 1. The van der Waals surface area contributed by atoms with E-state index < -0.39 is 0 Å². The van der Waals surface area contributed by atoms with Crippen molar-refractivity contribution in [1.29, 1.82) is 5.41 Å². The van der Waals surface area contributed by atoms with Crippen molar-refractivity contribution in [2.45, 2.75) is 6.92 Å². The SMILES string of the molecule is COc1cc(-n2cccn2)ccc1-n1ccc(=O)c(/C(Nc2cccc(Cl)c2)=C(\C)C=N)n1. The Morgan fingerprint density at radius 1 is 1.12 bits per heavy atom. The van der Waals surface area contributed by atoms with Gasteiger partial charge in [0.2, 0.25) is 5.43 Å². The van der Waals surface area contributed by atoms with Crippen molar-refractivity contribution in [2.24, 2.45) is 0 Å². The Morgan fingerprint density at radius 2 is 1.97 bits per heavy atom. The molecule has 0 radical (unpaired) electrons. The Hall–Kier alpha value is -4.17. The van der Waals surface area contributed by atoms with Crippen molar-refractivity contribution in [3.63, 3.8) is 0 Å². The van der Waals surface area contributed by atoms with E-state index in [1.54, 1.807) is 54.0 Å². The molecule has 0 fully saturated rings. The Balaban J connectivity index is 1.80. The van der Waals surface area contributed by atoms with Gasteiger partial charge < -0.3 is 15.5 Å². The highest BCUT2D eigenvalue weighted by atomic mass is 35.5. The highest BCUT2D eigenvalue weighted by molar-refractivity contribution is 6.30. The standard InChI is InChI=1S/C24H21ClN6O2/c1-16(15-26)23(28-18-6-3-5-17(25)13-18)24-21(32)9-12-31(29-24)20-8-7-19(14-22(20)33-2)30-11-4-10-27-30/h3-15,26,28H,1-2H3/b23-16-,26-15?. The smallest absolute Gasteiger partial charge is 0.209 e. The monoisotopic (exact) mass is 460 g/mol. The van der Waals surface area contributed by atoms with Crippen LogP contribution in [-0.2, 0) is 0 Å². The fourth-order valence-corrected chi connectivity index (χ4v) is 3.45. The van der Waals surface area contributed by atoms with Crippen LogP contribution in [0, 0.1) is 5.41 Å². The van der Waals surface area contributed by atoms with Crippen LogP contribution < -0.4 is 15.5 Å². The average Bonchev–Trinajstić information content (AvgIpc) is 3.37. The van der Waals surface area contributed by atoms with Crippen LogP contribution >= 0.6 is 11.6 Å². The molecule has 2 aromatic heterocycles. The number of allylic oxidation sites excluding steroid dienone is 1. The molecule has 33 heavy (non-hydrogen) atoms. The summed E-state index contributed by atoms with van der Waals surface area (Å²) >= 11 is 6.10. The number of hydrogen-bond donors (Lipinski definition) is 2. The van der Waals surface area contributed by atoms with E-state index >= 15 is 0 Å². The van der Waals surface area contributed by atoms with Gasteiger partial charge in [-0.05, 0) is 48.9 Å². The number of aromatic nitrogens is 4. The maximum absolute atomic E-state index is 12.8. The van der Waals surface area contributed by atoms with E-state index in [2.05, 4.69) is 15.5 Å². The first-order chi connectivity index (χ1) is 16.0. The first-order valence-corrected chi connectivity index (χ1v) is 10.4. The van der Waals surface area contributed by atoms with Crippen LogP contribution in [0.1, 0.15) is 12.6 Å². The number of hydrogen-bond acceptors (Lipinski definition) is 6. The molecule has 2 N–H and O–H groups in total. The zero-order chi connectivity index (χ0) is 23.4. The molecule has 4 aromatic rings. The van der Waals surface area contributed by atoms with Crippen LogP contribution in [0.3, 0.4) is 0 Å². The highest BCUT2D eigenvalue weighted by Crippen LogP contribution is 2.26. The van der Waals surface area contributed by atoms with Crippen LogP contribution in [0.4, 0.5) is 5.69 Å². The number of benzene rings is 2. The molecule has 8 nitrogen and oxygen atoms in total. The summed E-state index contributed by atoms with van der Waals surface area (Å²) < 4.78 is 8.88. The van der Waals surface area contributed by atoms with Crippen LogP contribution in [0.2, 0.25) is 5.02 Å². The Kier molecular flexibility index (Phi) is 6.37. The topological polar surface area (TPSA) is 97.8 Å². The number of anilines is 1. The van der Waals surface area contributed by atoms with Gasteiger partial charge in [-0.25, -0.2) is 9.36 Å². The molecule has 0 saturated carbocycles. The summed E-state index contributed by atoms with van der Waals surface area (Å²) in [6.07, 6.45) is 6.28. The van der Waals surface area contributed by atoms with Crippen LogP contribution in [0.25, 0.3) is 17.1 Å². The average molecular weight is 461 g/mol. The molecular weight excluding hydrogens is 440 g/mol. The molecule has 0 atom stereocenters. The number of nitrogens with zero attached hydrogens (tertiary/aromatic N) is 4. The minimum atomic E-state index is -0.288. The predicted molar refractivity (Wildman–Crippen MR) is 130 cm³/mol. The summed E-state index contributed by atoms with van der Waals surface area (Å²) in [5.74, 6) is 0.558. The molecule has 0 aliphatic carbocycles. The lowest BCUT2D eigenvalue weighted by Gasteiger charge is -2.16. The van der Waals surface area contributed by atoms with E-state index in [4.69, 9.17) is 21.7 Å². The minimum Gasteiger partial charge on any atom is -0.494 e. The van der Waals surface area contributed by atoms with E-state index in [1.807, 2.05) is 36.5 Å². The van der Waals surface area contributed by atoms with Crippen molar-refractivity contribution in [2.75, 3.05) is 12.4 Å². The summed E-state index contributed by atoms with van der Waals surface area (Å²) in [4.78, 5) is 12.8. The quantitative estimate of drug-likeness (QED) is 0.393. The molecule has 2 aromatic carbocycles. The van der Waals surface area contributed by atoms with E-state index in [9.17, 15) is 4.79 Å². The van der Waals surface area contributed by atoms with E-state index in [1.165, 1.54) is 12.3 Å². The third-order valence-corrected chi connectivity index (χ3v) is 5.16. The minimum absolute atomic E-state index is 0.164. The largest absolute Gasteiger partial charge is 0.494 e.